The highest BCUT2D eigenvalue weighted by atomic mass is 16.1. The van der Waals surface area contributed by atoms with Gasteiger partial charge in [0, 0.05) is 17.2 Å². The highest BCUT2D eigenvalue weighted by molar-refractivity contribution is 5.94. The molecular formula is C25H24N2O. The van der Waals surface area contributed by atoms with Crippen LogP contribution in [0.25, 0.3) is 16.7 Å². The van der Waals surface area contributed by atoms with E-state index in [-0.39, 0.29) is 5.78 Å². The van der Waals surface area contributed by atoms with E-state index >= 15 is 0 Å². The van der Waals surface area contributed by atoms with Crippen LogP contribution in [0.4, 0.5) is 0 Å². The van der Waals surface area contributed by atoms with Crippen molar-refractivity contribution in [2.24, 2.45) is 5.73 Å². The van der Waals surface area contributed by atoms with E-state index in [1.165, 1.54) is 39.0 Å². The molecule has 2 aromatic rings. The number of benzene rings is 2. The first-order chi connectivity index (χ1) is 13.8. The van der Waals surface area contributed by atoms with Crippen molar-refractivity contribution in [3.63, 3.8) is 0 Å². The number of hydrogen-bond acceptors (Lipinski definition) is 3. The number of aryl methyl sites for hydroxylation is 1. The van der Waals surface area contributed by atoms with Crippen LogP contribution in [0.15, 0.2) is 66.4 Å². The van der Waals surface area contributed by atoms with Crippen LogP contribution < -0.4 is 11.1 Å². The van der Waals surface area contributed by atoms with E-state index in [0.29, 0.717) is 19.0 Å². The van der Waals surface area contributed by atoms with Crippen LogP contribution in [-0.4, -0.2) is 18.9 Å². The first kappa shape index (κ1) is 17.2. The van der Waals surface area contributed by atoms with Crippen LogP contribution in [0.5, 0.6) is 0 Å². The lowest BCUT2D eigenvalue weighted by Gasteiger charge is -2.32. The van der Waals surface area contributed by atoms with Crippen molar-refractivity contribution in [3.05, 3.63) is 88.7 Å². The number of carbonyl (C=O) groups excluding carboxylic acids is 1. The zero-order valence-electron chi connectivity index (χ0n) is 15.9. The molecule has 1 heterocycles. The van der Waals surface area contributed by atoms with Gasteiger partial charge in [-0.2, -0.15) is 0 Å². The van der Waals surface area contributed by atoms with E-state index in [1.807, 2.05) is 12.2 Å². The second-order valence-electron chi connectivity index (χ2n) is 7.76. The molecule has 2 aliphatic carbocycles. The summed E-state index contributed by atoms with van der Waals surface area (Å²) >= 11 is 0. The van der Waals surface area contributed by atoms with Gasteiger partial charge in [-0.3, -0.25) is 4.79 Å². The molecule has 5 rings (SSSR count). The molecule has 2 aromatic carbocycles. The maximum Gasteiger partial charge on any atom is 0.174 e. The molecule has 3 N–H and O–H groups in total. The predicted molar refractivity (Wildman–Crippen MR) is 114 cm³/mol. The maximum absolute atomic E-state index is 11.7. The van der Waals surface area contributed by atoms with Gasteiger partial charge in [0.15, 0.2) is 5.78 Å². The van der Waals surface area contributed by atoms with Crippen LogP contribution in [0, 0.1) is 0 Å². The molecule has 0 fully saturated rings. The van der Waals surface area contributed by atoms with Gasteiger partial charge >= 0.3 is 0 Å². The summed E-state index contributed by atoms with van der Waals surface area (Å²) in [6.45, 7) is 0.993. The molecule has 0 spiro atoms. The Kier molecular flexibility index (Phi) is 4.25. The standard InChI is InChI=1S/C25H24N2O/c26-14-17-9-10-21(24-7-3-5-18(28)15-27-24)23-13-12-20-19-6-2-1-4-16(19)8-11-22(20)25(17)23/h1-7,10,12-13,17,27H,8-9,11,14-15,26H2. The summed E-state index contributed by atoms with van der Waals surface area (Å²) in [5, 5.41) is 3.32. The van der Waals surface area contributed by atoms with E-state index in [1.54, 1.807) is 6.08 Å². The van der Waals surface area contributed by atoms with Crippen molar-refractivity contribution >= 4 is 11.4 Å². The van der Waals surface area contributed by atoms with Crippen LogP contribution in [0.1, 0.15) is 34.6 Å². The summed E-state index contributed by atoms with van der Waals surface area (Å²) in [6.07, 6.45) is 10.9. The minimum absolute atomic E-state index is 0.102. The SMILES string of the molecule is NCC1CC=C(C2=CC=CC(=O)CN2)c2ccc3c(c21)CCc1ccccc1-3. The summed E-state index contributed by atoms with van der Waals surface area (Å²) in [5.74, 6) is 0.451. The largest absolute Gasteiger partial charge is 0.377 e. The summed E-state index contributed by atoms with van der Waals surface area (Å²) < 4.78 is 0. The van der Waals surface area contributed by atoms with Gasteiger partial charge in [0.05, 0.1) is 6.54 Å². The average Bonchev–Trinajstić information content (AvgIpc) is 2.96. The zero-order chi connectivity index (χ0) is 19.1. The van der Waals surface area contributed by atoms with E-state index in [0.717, 1.165) is 25.0 Å². The zero-order valence-corrected chi connectivity index (χ0v) is 15.9. The molecule has 1 aliphatic heterocycles. The third-order valence-corrected chi connectivity index (χ3v) is 6.19. The lowest BCUT2D eigenvalue weighted by Crippen LogP contribution is -2.24. The second-order valence-corrected chi connectivity index (χ2v) is 7.76. The Morgan fingerprint density at radius 2 is 1.89 bits per heavy atom. The number of nitrogens with one attached hydrogen (secondary N) is 1. The Labute approximate surface area is 165 Å². The van der Waals surface area contributed by atoms with Crippen molar-refractivity contribution in [1.29, 1.82) is 0 Å². The van der Waals surface area contributed by atoms with E-state index in [4.69, 9.17) is 5.73 Å². The Morgan fingerprint density at radius 1 is 1.04 bits per heavy atom. The van der Waals surface area contributed by atoms with Crippen molar-refractivity contribution in [2.75, 3.05) is 13.1 Å². The highest BCUT2D eigenvalue weighted by Gasteiger charge is 2.29. The van der Waals surface area contributed by atoms with Crippen molar-refractivity contribution in [2.45, 2.75) is 25.2 Å². The number of allylic oxidation sites excluding steroid dienone is 4. The van der Waals surface area contributed by atoms with Crippen molar-refractivity contribution in [3.8, 4) is 11.1 Å². The Bertz CT molecular complexity index is 1060. The summed E-state index contributed by atoms with van der Waals surface area (Å²) in [5.41, 5.74) is 16.7. The second kappa shape index (κ2) is 6.92. The minimum atomic E-state index is 0.102. The molecule has 0 saturated carbocycles. The molecule has 0 bridgehead atoms. The van der Waals surface area contributed by atoms with Gasteiger partial charge in [-0.1, -0.05) is 48.6 Å². The summed E-state index contributed by atoms with van der Waals surface area (Å²) in [4.78, 5) is 11.7. The van der Waals surface area contributed by atoms with Crippen molar-refractivity contribution < 1.29 is 4.79 Å². The molecule has 3 aliphatic rings. The molecule has 140 valence electrons. The van der Waals surface area contributed by atoms with Gasteiger partial charge in [0.1, 0.15) is 0 Å². The predicted octanol–water partition coefficient (Wildman–Crippen LogP) is 3.89. The Balaban J connectivity index is 1.66. The molecular weight excluding hydrogens is 344 g/mol. The number of carbonyl (C=O) groups is 1. The lowest BCUT2D eigenvalue weighted by atomic mass is 9.73. The fraction of sp³-hybridized carbons (Fsp3) is 0.240. The van der Waals surface area contributed by atoms with Crippen molar-refractivity contribution in [1.82, 2.24) is 5.32 Å². The third-order valence-electron chi connectivity index (χ3n) is 6.19. The molecule has 0 radical (unpaired) electrons. The molecule has 0 aromatic heterocycles. The Morgan fingerprint density at radius 3 is 2.79 bits per heavy atom. The molecule has 1 atom stereocenters. The highest BCUT2D eigenvalue weighted by Crippen LogP contribution is 2.44. The number of fused-ring (bicyclic) bond motifs is 5. The molecule has 0 saturated heterocycles. The molecule has 1 unspecified atom stereocenters. The molecule has 3 heteroatoms. The van der Waals surface area contributed by atoms with E-state index in [9.17, 15) is 4.79 Å². The quantitative estimate of drug-likeness (QED) is 0.845. The third kappa shape index (κ3) is 2.74. The van der Waals surface area contributed by atoms with Gasteiger partial charge < -0.3 is 11.1 Å². The monoisotopic (exact) mass is 368 g/mol. The van der Waals surface area contributed by atoms with Gasteiger partial charge in [-0.25, -0.2) is 0 Å². The number of rotatable bonds is 2. The normalized spacial score (nSPS) is 20.2. The molecule has 28 heavy (non-hydrogen) atoms. The number of nitrogens with two attached hydrogens (primary N) is 1. The van der Waals surface area contributed by atoms with Gasteiger partial charge in [0.2, 0.25) is 0 Å². The van der Waals surface area contributed by atoms with Crippen LogP contribution in [0.3, 0.4) is 0 Å². The lowest BCUT2D eigenvalue weighted by molar-refractivity contribution is -0.113. The van der Waals surface area contributed by atoms with Crippen LogP contribution in [0.2, 0.25) is 0 Å². The minimum Gasteiger partial charge on any atom is -0.377 e. The number of hydrogen-bond donors (Lipinski definition) is 2. The smallest absolute Gasteiger partial charge is 0.174 e. The maximum atomic E-state index is 11.7. The Hall–Kier alpha value is -2.91. The average molecular weight is 368 g/mol. The topological polar surface area (TPSA) is 55.1 Å². The first-order valence-corrected chi connectivity index (χ1v) is 10.1. The molecule has 0 amide bonds. The van der Waals surface area contributed by atoms with Gasteiger partial charge in [-0.05, 0) is 71.3 Å². The molecule has 3 nitrogen and oxygen atoms in total. The summed E-state index contributed by atoms with van der Waals surface area (Å²) in [6, 6.07) is 13.3. The fourth-order valence-electron chi connectivity index (χ4n) is 4.84. The van der Waals surface area contributed by atoms with E-state index < -0.39 is 0 Å². The first-order valence-electron chi connectivity index (χ1n) is 10.1. The van der Waals surface area contributed by atoms with E-state index in [2.05, 4.69) is 47.8 Å². The van der Waals surface area contributed by atoms with Gasteiger partial charge in [0.25, 0.3) is 0 Å². The van der Waals surface area contributed by atoms with Crippen LogP contribution >= 0.6 is 0 Å². The fourth-order valence-corrected chi connectivity index (χ4v) is 4.84. The van der Waals surface area contributed by atoms with Gasteiger partial charge in [-0.15, -0.1) is 0 Å². The number of ketones is 1. The summed E-state index contributed by atoms with van der Waals surface area (Å²) in [7, 11) is 0. The van der Waals surface area contributed by atoms with Crippen LogP contribution in [-0.2, 0) is 17.6 Å².